The van der Waals surface area contributed by atoms with Crippen molar-refractivity contribution in [1.29, 1.82) is 0 Å². The van der Waals surface area contributed by atoms with Crippen LogP contribution in [0.25, 0.3) is 10.9 Å². The summed E-state index contributed by atoms with van der Waals surface area (Å²) in [7, 11) is 1.19. The molecule has 1 saturated heterocycles. The molecule has 34 heavy (non-hydrogen) atoms. The second kappa shape index (κ2) is 9.49. The maximum atomic E-state index is 14.8. The molecule has 1 aromatic heterocycles. The lowest BCUT2D eigenvalue weighted by atomic mass is 9.86. The minimum absolute atomic E-state index is 0.0257. The molecule has 10 nitrogen and oxygen atoms in total. The van der Waals surface area contributed by atoms with Crippen LogP contribution in [-0.2, 0) is 14.3 Å². The Bertz CT molecular complexity index is 1160. The van der Waals surface area contributed by atoms with E-state index in [1.54, 1.807) is 20.8 Å². The number of nitrogens with zero attached hydrogens (tertiary/aromatic N) is 3. The van der Waals surface area contributed by atoms with E-state index in [-0.39, 0.29) is 52.0 Å². The summed E-state index contributed by atoms with van der Waals surface area (Å²) in [5.41, 5.74) is -2.89. The lowest BCUT2D eigenvalue weighted by molar-refractivity contribution is -0.384. The molecule has 1 amide bonds. The maximum Gasteiger partial charge on any atom is 0.410 e. The first-order valence-corrected chi connectivity index (χ1v) is 11.4. The highest BCUT2D eigenvalue weighted by atomic mass is 79.9. The molecule has 0 unspecified atom stereocenters. The molecule has 184 valence electrons. The van der Waals surface area contributed by atoms with Gasteiger partial charge in [-0.2, -0.15) is 0 Å². The fraction of sp³-hybridized carbons (Fsp3) is 0.476. The molecular weight excluding hydrogens is 539 g/mol. The molecule has 1 aromatic carbocycles. The molecule has 2 aromatic rings. The second-order valence-electron chi connectivity index (χ2n) is 8.82. The lowest BCUT2D eigenvalue weighted by Gasteiger charge is -2.40. The molecule has 1 fully saturated rings. The first-order chi connectivity index (χ1) is 15.8. The fourth-order valence-electron chi connectivity index (χ4n) is 3.71. The van der Waals surface area contributed by atoms with Gasteiger partial charge >= 0.3 is 17.7 Å². The van der Waals surface area contributed by atoms with Crippen LogP contribution in [-0.4, -0.2) is 58.2 Å². The largest absolute Gasteiger partial charge is 0.467 e. The van der Waals surface area contributed by atoms with E-state index in [0.717, 1.165) is 6.20 Å². The van der Waals surface area contributed by atoms with Gasteiger partial charge in [0.15, 0.2) is 5.82 Å². The summed E-state index contributed by atoms with van der Waals surface area (Å²) in [4.78, 5) is 41.8. The standard InChI is InChI=1S/C21H23BrClFN4O6/c1-20(2,3)34-19(30)27-7-5-21(6-8-27,18(29)33-4)26-16-11-9-12(23)14(22)15(24)17(11)25-10-13(16)28(31)32/h9-10H,5-8H2,1-4H3,(H,25,26). The van der Waals surface area contributed by atoms with Gasteiger partial charge in [-0.05, 0) is 55.6 Å². The number of fused-ring (bicyclic) bond motifs is 1. The predicted octanol–water partition coefficient (Wildman–Crippen LogP) is 5.05. The Morgan fingerprint density at radius 1 is 1.35 bits per heavy atom. The number of aromatic nitrogens is 1. The molecule has 0 spiro atoms. The summed E-state index contributed by atoms with van der Waals surface area (Å²) < 4.78 is 25.1. The van der Waals surface area contributed by atoms with Crippen LogP contribution in [0, 0.1) is 15.9 Å². The minimum atomic E-state index is -1.43. The third-order valence-electron chi connectivity index (χ3n) is 5.38. The molecule has 1 aliphatic rings. The Hall–Kier alpha value is -2.73. The first kappa shape index (κ1) is 25.9. The van der Waals surface area contributed by atoms with Crippen LogP contribution < -0.4 is 5.32 Å². The van der Waals surface area contributed by atoms with Gasteiger partial charge in [0.25, 0.3) is 0 Å². The van der Waals surface area contributed by atoms with Crippen molar-refractivity contribution in [3.05, 3.63) is 37.7 Å². The monoisotopic (exact) mass is 560 g/mol. The number of ether oxygens (including phenoxy) is 2. The van der Waals surface area contributed by atoms with E-state index in [1.807, 2.05) is 0 Å². The number of esters is 1. The van der Waals surface area contributed by atoms with Crippen LogP contribution in [0.5, 0.6) is 0 Å². The summed E-state index contributed by atoms with van der Waals surface area (Å²) in [5, 5.41) is 14.7. The third kappa shape index (κ3) is 5.02. The van der Waals surface area contributed by atoms with Crippen LogP contribution in [0.4, 0.5) is 20.6 Å². The van der Waals surface area contributed by atoms with Gasteiger partial charge in [0.05, 0.1) is 21.5 Å². The molecule has 13 heteroatoms. The van der Waals surface area contributed by atoms with Crippen LogP contribution in [0.2, 0.25) is 5.02 Å². The Balaban J connectivity index is 2.05. The topological polar surface area (TPSA) is 124 Å². The molecule has 2 heterocycles. The number of rotatable bonds is 4. The zero-order valence-electron chi connectivity index (χ0n) is 18.9. The van der Waals surface area contributed by atoms with Gasteiger partial charge in [-0.1, -0.05) is 11.6 Å². The molecule has 0 radical (unpaired) electrons. The zero-order chi connectivity index (χ0) is 25.4. The maximum absolute atomic E-state index is 14.8. The number of hydrogen-bond acceptors (Lipinski definition) is 8. The normalized spacial score (nSPS) is 15.7. The molecule has 0 bridgehead atoms. The SMILES string of the molecule is COC(=O)C1(Nc2c([N+](=O)[O-])cnc3c(F)c(Br)c(Cl)cc23)CCN(C(=O)OC(C)(C)C)CC1. The average molecular weight is 562 g/mol. The van der Waals surface area contributed by atoms with Crippen LogP contribution in [0.1, 0.15) is 33.6 Å². The van der Waals surface area contributed by atoms with Gasteiger partial charge in [-0.3, -0.25) is 10.1 Å². The van der Waals surface area contributed by atoms with Crippen molar-refractivity contribution in [3.63, 3.8) is 0 Å². The second-order valence-corrected chi connectivity index (χ2v) is 10.0. The summed E-state index contributed by atoms with van der Waals surface area (Å²) in [5.74, 6) is -1.48. The van der Waals surface area contributed by atoms with Crippen molar-refractivity contribution in [2.24, 2.45) is 0 Å². The zero-order valence-corrected chi connectivity index (χ0v) is 21.3. The number of benzene rings is 1. The number of amides is 1. The van der Waals surface area contributed by atoms with E-state index in [2.05, 4.69) is 26.2 Å². The number of carbonyl (C=O) groups is 2. The summed E-state index contributed by atoms with van der Waals surface area (Å²) in [6.07, 6.45) is 0.499. The van der Waals surface area contributed by atoms with E-state index in [0.29, 0.717) is 0 Å². The number of carbonyl (C=O) groups excluding carboxylic acids is 2. The van der Waals surface area contributed by atoms with Crippen molar-refractivity contribution in [1.82, 2.24) is 9.88 Å². The van der Waals surface area contributed by atoms with Crippen LogP contribution in [0.15, 0.2) is 16.7 Å². The van der Waals surface area contributed by atoms with E-state index in [4.69, 9.17) is 21.1 Å². The van der Waals surface area contributed by atoms with Crippen molar-refractivity contribution in [2.75, 3.05) is 25.5 Å². The minimum Gasteiger partial charge on any atom is -0.467 e. The number of nitro groups is 1. The molecule has 0 atom stereocenters. The third-order valence-corrected chi connectivity index (χ3v) is 6.69. The number of pyridine rings is 1. The number of nitrogens with one attached hydrogen (secondary N) is 1. The molecule has 0 aliphatic carbocycles. The average Bonchev–Trinajstić information content (AvgIpc) is 2.76. The highest BCUT2D eigenvalue weighted by Crippen LogP contribution is 2.41. The Labute approximate surface area is 208 Å². The number of likely N-dealkylation sites (tertiary alicyclic amines) is 1. The number of methoxy groups -OCH3 is 1. The first-order valence-electron chi connectivity index (χ1n) is 10.2. The highest BCUT2D eigenvalue weighted by molar-refractivity contribution is 9.10. The van der Waals surface area contributed by atoms with Crippen molar-refractivity contribution in [3.8, 4) is 0 Å². The van der Waals surface area contributed by atoms with Crippen LogP contribution >= 0.6 is 27.5 Å². The molecular formula is C21H23BrClFN4O6. The van der Waals surface area contributed by atoms with E-state index in [9.17, 15) is 24.1 Å². The van der Waals surface area contributed by atoms with E-state index >= 15 is 0 Å². The molecule has 3 rings (SSSR count). The highest BCUT2D eigenvalue weighted by Gasteiger charge is 2.45. The quantitative estimate of drug-likeness (QED) is 0.238. The van der Waals surface area contributed by atoms with Gasteiger partial charge < -0.3 is 19.7 Å². The van der Waals surface area contributed by atoms with Crippen molar-refractivity contribution in [2.45, 2.75) is 44.8 Å². The number of hydrogen-bond donors (Lipinski definition) is 1. The van der Waals surface area contributed by atoms with E-state index in [1.165, 1.54) is 18.1 Å². The fourth-order valence-corrected chi connectivity index (χ4v) is 4.21. The summed E-state index contributed by atoms with van der Waals surface area (Å²) >= 11 is 9.14. The molecule has 0 saturated carbocycles. The smallest absolute Gasteiger partial charge is 0.410 e. The van der Waals surface area contributed by atoms with Crippen molar-refractivity contribution >= 4 is 61.9 Å². The van der Waals surface area contributed by atoms with E-state index < -0.39 is 39.6 Å². The Morgan fingerprint density at radius 2 is 1.97 bits per heavy atom. The van der Waals surface area contributed by atoms with Gasteiger partial charge in [-0.15, -0.1) is 0 Å². The lowest BCUT2D eigenvalue weighted by Crippen LogP contribution is -2.56. The predicted molar refractivity (Wildman–Crippen MR) is 126 cm³/mol. The Morgan fingerprint density at radius 3 is 2.50 bits per heavy atom. The number of piperidine rings is 1. The number of halogens is 3. The summed E-state index contributed by atoms with van der Waals surface area (Å²) in [6, 6.07) is 1.33. The van der Waals surface area contributed by atoms with Gasteiger partial charge in [0.1, 0.15) is 28.5 Å². The van der Waals surface area contributed by atoms with Crippen LogP contribution in [0.3, 0.4) is 0 Å². The Kier molecular flexibility index (Phi) is 7.23. The van der Waals surface area contributed by atoms with Crippen molar-refractivity contribution < 1.29 is 28.4 Å². The molecule has 1 aliphatic heterocycles. The molecule has 1 N–H and O–H groups in total. The summed E-state index contributed by atoms with van der Waals surface area (Å²) in [6.45, 7) is 5.46. The number of anilines is 1. The van der Waals surface area contributed by atoms with Gasteiger partial charge in [-0.25, -0.2) is 19.0 Å². The van der Waals surface area contributed by atoms with Gasteiger partial charge in [0, 0.05) is 18.5 Å². The van der Waals surface area contributed by atoms with Gasteiger partial charge in [0.2, 0.25) is 0 Å².